The number of anilines is 1. The Morgan fingerprint density at radius 3 is 2.92 bits per heavy atom. The fraction of sp³-hybridized carbons (Fsp3) is 0.133. The second-order valence-corrected chi connectivity index (χ2v) is 6.02. The first-order chi connectivity index (χ1) is 11.5. The summed E-state index contributed by atoms with van der Waals surface area (Å²) >= 11 is 1.28. The zero-order valence-electron chi connectivity index (χ0n) is 12.5. The van der Waals surface area contributed by atoms with Crippen molar-refractivity contribution in [3.05, 3.63) is 62.1 Å². The number of nitrogens with zero attached hydrogens (tertiary/aromatic N) is 2. The maximum Gasteiger partial charge on any atom is 0.286 e. The van der Waals surface area contributed by atoms with Gasteiger partial charge in [-0.2, -0.15) is 0 Å². The lowest BCUT2D eigenvalue weighted by Gasteiger charge is -2.00. The molecule has 2 aromatic heterocycles. The highest BCUT2D eigenvalue weighted by Gasteiger charge is 2.17. The number of H-pyrrole nitrogens is 1. The van der Waals surface area contributed by atoms with Crippen LogP contribution in [-0.2, 0) is 6.42 Å². The van der Waals surface area contributed by atoms with Crippen LogP contribution in [0.25, 0.3) is 10.2 Å². The SMILES string of the molecule is CCc1ccc2nc(NC(=O)c3cc([N+](=O)[O-])c[nH]c3=O)sc2c1. The standard InChI is InChI=1S/C15H12N4O4S/c1-2-8-3-4-11-12(5-8)24-15(17-11)18-14(21)10-6-9(19(22)23)7-16-13(10)20/h3-7H,2H2,1H3,(H,16,20)(H,17,18,21). The molecule has 3 rings (SSSR count). The van der Waals surface area contributed by atoms with Crippen LogP contribution in [0.2, 0.25) is 0 Å². The van der Waals surface area contributed by atoms with Gasteiger partial charge in [0.15, 0.2) is 5.13 Å². The van der Waals surface area contributed by atoms with E-state index in [2.05, 4.69) is 15.3 Å². The summed E-state index contributed by atoms with van der Waals surface area (Å²) < 4.78 is 0.914. The van der Waals surface area contributed by atoms with Gasteiger partial charge in [0.25, 0.3) is 17.2 Å². The van der Waals surface area contributed by atoms with Crippen LogP contribution < -0.4 is 10.9 Å². The highest BCUT2D eigenvalue weighted by Crippen LogP contribution is 2.27. The fourth-order valence-electron chi connectivity index (χ4n) is 2.15. The van der Waals surface area contributed by atoms with Crippen molar-refractivity contribution in [1.29, 1.82) is 0 Å². The van der Waals surface area contributed by atoms with Crippen LogP contribution in [0.15, 0.2) is 35.3 Å². The van der Waals surface area contributed by atoms with Gasteiger partial charge >= 0.3 is 0 Å². The molecule has 0 fully saturated rings. The Kier molecular flexibility index (Phi) is 4.09. The number of fused-ring (bicyclic) bond motifs is 1. The number of thiazole rings is 1. The van der Waals surface area contributed by atoms with Crippen LogP contribution in [-0.4, -0.2) is 20.8 Å². The van der Waals surface area contributed by atoms with Gasteiger partial charge in [-0.15, -0.1) is 0 Å². The maximum atomic E-state index is 12.2. The second-order valence-electron chi connectivity index (χ2n) is 4.99. The normalized spacial score (nSPS) is 10.7. The van der Waals surface area contributed by atoms with E-state index >= 15 is 0 Å². The highest BCUT2D eigenvalue weighted by molar-refractivity contribution is 7.22. The van der Waals surface area contributed by atoms with Crippen molar-refractivity contribution in [2.75, 3.05) is 5.32 Å². The molecular weight excluding hydrogens is 332 g/mol. The van der Waals surface area contributed by atoms with E-state index in [0.717, 1.165) is 34.5 Å². The van der Waals surface area contributed by atoms with Crippen LogP contribution in [0, 0.1) is 10.1 Å². The summed E-state index contributed by atoms with van der Waals surface area (Å²) in [6, 6.07) is 6.75. The Labute approximate surface area is 139 Å². The number of nitrogens with one attached hydrogen (secondary N) is 2. The van der Waals surface area contributed by atoms with E-state index in [1.54, 1.807) is 0 Å². The lowest BCUT2D eigenvalue weighted by atomic mass is 10.2. The molecule has 0 spiro atoms. The summed E-state index contributed by atoms with van der Waals surface area (Å²) in [7, 11) is 0. The molecule has 1 aromatic carbocycles. The Balaban J connectivity index is 1.91. The average molecular weight is 344 g/mol. The van der Waals surface area contributed by atoms with E-state index in [0.29, 0.717) is 5.13 Å². The number of pyridine rings is 1. The third-order valence-electron chi connectivity index (χ3n) is 3.42. The first-order valence-electron chi connectivity index (χ1n) is 7.06. The molecule has 2 N–H and O–H groups in total. The smallest absolute Gasteiger partial charge is 0.286 e. The molecule has 0 bridgehead atoms. The molecule has 0 aliphatic carbocycles. The number of aromatic amines is 1. The van der Waals surface area contributed by atoms with Gasteiger partial charge in [0.05, 0.1) is 21.3 Å². The van der Waals surface area contributed by atoms with E-state index in [-0.39, 0.29) is 11.3 Å². The van der Waals surface area contributed by atoms with Crippen LogP contribution >= 0.6 is 11.3 Å². The highest BCUT2D eigenvalue weighted by atomic mass is 32.1. The molecule has 8 nitrogen and oxygen atoms in total. The summed E-state index contributed by atoms with van der Waals surface area (Å²) in [5, 5.41) is 13.6. The third-order valence-corrected chi connectivity index (χ3v) is 4.36. The first-order valence-corrected chi connectivity index (χ1v) is 7.87. The summed E-state index contributed by atoms with van der Waals surface area (Å²) in [4.78, 5) is 40.5. The van der Waals surface area contributed by atoms with Gasteiger partial charge in [0.2, 0.25) is 0 Å². The van der Waals surface area contributed by atoms with Gasteiger partial charge in [-0.25, -0.2) is 4.98 Å². The maximum absolute atomic E-state index is 12.2. The Hall–Kier alpha value is -3.07. The Bertz CT molecular complexity index is 1010. The molecule has 0 radical (unpaired) electrons. The van der Waals surface area contributed by atoms with Crippen molar-refractivity contribution >= 4 is 38.3 Å². The molecule has 0 aliphatic heterocycles. The summed E-state index contributed by atoms with van der Waals surface area (Å²) in [6.45, 7) is 2.04. The van der Waals surface area contributed by atoms with Crippen LogP contribution in [0.3, 0.4) is 0 Å². The minimum Gasteiger partial charge on any atom is -0.322 e. The zero-order chi connectivity index (χ0) is 17.3. The van der Waals surface area contributed by atoms with E-state index < -0.39 is 16.4 Å². The molecule has 0 atom stereocenters. The van der Waals surface area contributed by atoms with E-state index in [1.807, 2.05) is 25.1 Å². The van der Waals surface area contributed by atoms with Gasteiger partial charge in [-0.1, -0.05) is 24.3 Å². The van der Waals surface area contributed by atoms with Gasteiger partial charge < -0.3 is 4.98 Å². The van der Waals surface area contributed by atoms with Gasteiger partial charge in [0, 0.05) is 6.07 Å². The number of carbonyl (C=O) groups is 1. The predicted octanol–water partition coefficient (Wildman–Crippen LogP) is 2.71. The van der Waals surface area contributed by atoms with Gasteiger partial charge in [-0.05, 0) is 24.1 Å². The van der Waals surface area contributed by atoms with E-state index in [9.17, 15) is 19.7 Å². The molecule has 24 heavy (non-hydrogen) atoms. The number of hydrogen-bond donors (Lipinski definition) is 2. The molecule has 1 amide bonds. The first kappa shape index (κ1) is 15.8. The van der Waals surface area contributed by atoms with Crippen molar-refractivity contribution in [1.82, 2.24) is 9.97 Å². The fourth-order valence-corrected chi connectivity index (χ4v) is 3.08. The number of nitro groups is 1. The van der Waals surface area contributed by atoms with Crippen LogP contribution in [0.1, 0.15) is 22.8 Å². The van der Waals surface area contributed by atoms with Crippen LogP contribution in [0.5, 0.6) is 0 Å². The molecule has 0 saturated carbocycles. The van der Waals surface area contributed by atoms with Crippen LogP contribution in [0.4, 0.5) is 10.8 Å². The third kappa shape index (κ3) is 3.01. The lowest BCUT2D eigenvalue weighted by molar-refractivity contribution is -0.385. The largest absolute Gasteiger partial charge is 0.322 e. The predicted molar refractivity (Wildman–Crippen MR) is 90.7 cm³/mol. The molecule has 122 valence electrons. The molecule has 0 aliphatic rings. The minimum absolute atomic E-state index is 0.328. The number of benzene rings is 1. The summed E-state index contributed by atoms with van der Waals surface area (Å²) in [6.07, 6.45) is 1.83. The van der Waals surface area contributed by atoms with Crippen molar-refractivity contribution in [2.45, 2.75) is 13.3 Å². The van der Waals surface area contributed by atoms with Crippen molar-refractivity contribution in [3.63, 3.8) is 0 Å². The number of aromatic nitrogens is 2. The zero-order valence-corrected chi connectivity index (χ0v) is 13.3. The molecule has 2 heterocycles. The Morgan fingerprint density at radius 1 is 1.42 bits per heavy atom. The summed E-state index contributed by atoms with van der Waals surface area (Å²) in [5.74, 6) is -0.741. The second kappa shape index (κ2) is 6.20. The molecule has 9 heteroatoms. The Morgan fingerprint density at radius 2 is 2.21 bits per heavy atom. The monoisotopic (exact) mass is 344 g/mol. The molecule has 3 aromatic rings. The van der Waals surface area contributed by atoms with Crippen molar-refractivity contribution in [3.8, 4) is 0 Å². The van der Waals surface area contributed by atoms with Crippen molar-refractivity contribution < 1.29 is 9.72 Å². The quantitative estimate of drug-likeness (QED) is 0.557. The number of carbonyl (C=O) groups excluding carboxylic acids is 1. The van der Waals surface area contributed by atoms with E-state index in [1.165, 1.54) is 11.3 Å². The average Bonchev–Trinajstić information content (AvgIpc) is 2.95. The van der Waals surface area contributed by atoms with Crippen molar-refractivity contribution in [2.24, 2.45) is 0 Å². The minimum atomic E-state index is -0.741. The van der Waals surface area contributed by atoms with E-state index in [4.69, 9.17) is 0 Å². The molecule has 0 saturated heterocycles. The summed E-state index contributed by atoms with van der Waals surface area (Å²) in [5.41, 5.74) is 0.487. The number of aryl methyl sites for hydroxylation is 1. The molecule has 0 unspecified atom stereocenters. The lowest BCUT2D eigenvalue weighted by Crippen LogP contribution is -2.23. The molecular formula is C15H12N4O4S. The topological polar surface area (TPSA) is 118 Å². The number of hydrogen-bond acceptors (Lipinski definition) is 6. The number of amides is 1. The van der Waals surface area contributed by atoms with Gasteiger partial charge in [0.1, 0.15) is 5.56 Å². The van der Waals surface area contributed by atoms with Gasteiger partial charge in [-0.3, -0.25) is 25.0 Å². The number of rotatable bonds is 4.